The minimum Gasteiger partial charge on any atom is -0.393 e. The van der Waals surface area contributed by atoms with Crippen LogP contribution in [-0.4, -0.2) is 53.6 Å². The van der Waals surface area contributed by atoms with E-state index in [-0.39, 0.29) is 35.5 Å². The second kappa shape index (κ2) is 9.64. The van der Waals surface area contributed by atoms with Crippen LogP contribution in [0.5, 0.6) is 0 Å². The zero-order valence-electron chi connectivity index (χ0n) is 21.1. The average molecular weight is 500 g/mol. The van der Waals surface area contributed by atoms with Gasteiger partial charge in [-0.15, -0.1) is 0 Å². The zero-order valence-corrected chi connectivity index (χ0v) is 21.9. The number of nitrogens with one attached hydrogen (secondary N) is 1. The molecule has 7 nitrogen and oxygen atoms in total. The quantitative estimate of drug-likeness (QED) is 0.398. The molecule has 0 aromatic heterocycles. The summed E-state index contributed by atoms with van der Waals surface area (Å²) in [7, 11) is -4.07. The highest BCUT2D eigenvalue weighted by atomic mass is 32.2. The number of carbonyl (C=O) groups is 1. The van der Waals surface area contributed by atoms with Gasteiger partial charge in [0, 0.05) is 13.0 Å². The Kier molecular flexibility index (Phi) is 7.47. The van der Waals surface area contributed by atoms with Crippen molar-refractivity contribution in [1.29, 1.82) is 0 Å². The van der Waals surface area contributed by atoms with Gasteiger partial charge < -0.3 is 15.5 Å². The van der Waals surface area contributed by atoms with E-state index in [1.54, 1.807) is 0 Å². The van der Waals surface area contributed by atoms with Crippen LogP contribution < -0.4 is 5.32 Å². The summed E-state index contributed by atoms with van der Waals surface area (Å²) in [5, 5.41) is 24.5. The summed E-state index contributed by atoms with van der Waals surface area (Å²) in [6.45, 7) is 6.86. The van der Waals surface area contributed by atoms with Gasteiger partial charge in [-0.1, -0.05) is 20.8 Å². The molecule has 0 radical (unpaired) electrons. The summed E-state index contributed by atoms with van der Waals surface area (Å²) >= 11 is 0. The molecule has 0 aliphatic heterocycles. The van der Waals surface area contributed by atoms with Crippen LogP contribution in [0.2, 0.25) is 0 Å². The number of aliphatic hydroxyl groups excluding tert-OH is 2. The molecule has 4 fully saturated rings. The molecule has 0 spiro atoms. The zero-order chi connectivity index (χ0) is 24.9. The highest BCUT2D eigenvalue weighted by Crippen LogP contribution is 2.68. The Morgan fingerprint density at radius 1 is 1.06 bits per heavy atom. The Hall–Kier alpha value is -0.700. The van der Waals surface area contributed by atoms with Gasteiger partial charge in [-0.05, 0) is 104 Å². The number of amides is 1. The van der Waals surface area contributed by atoms with Crippen LogP contribution in [-0.2, 0) is 14.9 Å². The third kappa shape index (κ3) is 4.81. The van der Waals surface area contributed by atoms with Crippen LogP contribution in [0.4, 0.5) is 0 Å². The molecule has 4 saturated carbocycles. The van der Waals surface area contributed by atoms with E-state index in [1.807, 2.05) is 0 Å². The maximum Gasteiger partial charge on any atom is 0.266 e. The summed E-state index contributed by atoms with van der Waals surface area (Å²) < 4.78 is 30.5. The second-order valence-corrected chi connectivity index (χ2v) is 14.1. The average Bonchev–Trinajstić information content (AvgIpc) is 3.11. The van der Waals surface area contributed by atoms with Crippen molar-refractivity contribution in [2.45, 2.75) is 97.2 Å². The highest BCUT2D eigenvalue weighted by molar-refractivity contribution is 7.85. The van der Waals surface area contributed by atoms with E-state index in [1.165, 1.54) is 12.8 Å². The number of hydrogen-bond acceptors (Lipinski definition) is 5. The van der Waals surface area contributed by atoms with Gasteiger partial charge in [-0.25, -0.2) is 0 Å². The van der Waals surface area contributed by atoms with Crippen molar-refractivity contribution in [3.05, 3.63) is 0 Å². The van der Waals surface area contributed by atoms with Gasteiger partial charge in [0.25, 0.3) is 10.1 Å². The van der Waals surface area contributed by atoms with E-state index >= 15 is 0 Å². The molecule has 0 aromatic carbocycles. The highest BCUT2D eigenvalue weighted by Gasteiger charge is 2.63. The smallest absolute Gasteiger partial charge is 0.266 e. The SMILES string of the molecule is C[C@H](CCC(=O)NCCS(=O)(=O)O)[C@H]1CC[C@H]2[C@@H]3CC[C@@H]4C[C@H](O)CC[C@]4(C)[C@H]3C[C@@H](O)[C@]12C. The maximum absolute atomic E-state index is 12.2. The summed E-state index contributed by atoms with van der Waals surface area (Å²) in [6, 6.07) is 0. The lowest BCUT2D eigenvalue weighted by molar-refractivity contribution is -0.174. The van der Waals surface area contributed by atoms with Crippen LogP contribution in [0.25, 0.3) is 0 Å². The van der Waals surface area contributed by atoms with E-state index in [0.29, 0.717) is 48.3 Å². The van der Waals surface area contributed by atoms with Gasteiger partial charge in [0.15, 0.2) is 0 Å². The van der Waals surface area contributed by atoms with Gasteiger partial charge in [-0.3, -0.25) is 9.35 Å². The van der Waals surface area contributed by atoms with E-state index in [4.69, 9.17) is 4.55 Å². The lowest BCUT2D eigenvalue weighted by Gasteiger charge is -2.62. The molecule has 0 heterocycles. The van der Waals surface area contributed by atoms with Crippen molar-refractivity contribution in [1.82, 2.24) is 5.32 Å². The molecule has 4 aliphatic rings. The number of aliphatic hydroxyl groups is 2. The number of fused-ring (bicyclic) bond motifs is 5. The number of hydrogen-bond donors (Lipinski definition) is 4. The minimum atomic E-state index is -4.07. The molecule has 0 aromatic rings. The van der Waals surface area contributed by atoms with E-state index in [0.717, 1.165) is 38.5 Å². The van der Waals surface area contributed by atoms with Crippen LogP contribution in [0, 0.1) is 46.3 Å². The molecule has 4 aliphatic carbocycles. The maximum atomic E-state index is 12.2. The van der Waals surface area contributed by atoms with Gasteiger partial charge in [0.1, 0.15) is 0 Å². The lowest BCUT2D eigenvalue weighted by Crippen LogP contribution is -2.58. The molecular formula is C26H45NO6S. The summed E-state index contributed by atoms with van der Waals surface area (Å²) in [6.07, 6.45) is 8.93. The van der Waals surface area contributed by atoms with Crippen molar-refractivity contribution in [2.24, 2.45) is 46.3 Å². The number of carbonyl (C=O) groups excluding carboxylic acids is 1. The predicted octanol–water partition coefficient (Wildman–Crippen LogP) is 3.40. The van der Waals surface area contributed by atoms with Crippen molar-refractivity contribution >= 4 is 16.0 Å². The number of rotatable bonds is 7. The predicted molar refractivity (Wildman–Crippen MR) is 130 cm³/mol. The van der Waals surface area contributed by atoms with Crippen LogP contribution in [0.3, 0.4) is 0 Å². The molecule has 0 saturated heterocycles. The van der Waals surface area contributed by atoms with Crippen LogP contribution >= 0.6 is 0 Å². The molecular weight excluding hydrogens is 454 g/mol. The molecule has 4 rings (SSSR count). The normalized spacial score (nSPS) is 45.1. The molecule has 10 atom stereocenters. The molecule has 8 heteroatoms. The van der Waals surface area contributed by atoms with Gasteiger partial charge in [-0.2, -0.15) is 8.42 Å². The fraction of sp³-hybridized carbons (Fsp3) is 0.962. The Morgan fingerprint density at radius 2 is 1.79 bits per heavy atom. The van der Waals surface area contributed by atoms with Gasteiger partial charge in [0.2, 0.25) is 5.91 Å². The molecule has 0 bridgehead atoms. The standard InChI is InChI=1S/C26H45NO6S/c1-16(4-9-24(30)27-12-13-34(31,32)33)20-7-8-21-19-6-5-17-14-18(28)10-11-25(17,2)22(19)15-23(29)26(20,21)3/h16-23,28-29H,4-15H2,1-3H3,(H,27,30)(H,31,32,33)/t16-,17-,18-,19+,20-,21+,22+,23-,25+,26-/m1/s1. The minimum absolute atomic E-state index is 0.0756. The van der Waals surface area contributed by atoms with Crippen LogP contribution in [0.1, 0.15) is 85.0 Å². The van der Waals surface area contributed by atoms with Crippen LogP contribution in [0.15, 0.2) is 0 Å². The second-order valence-electron chi connectivity index (χ2n) is 12.5. The molecule has 4 N–H and O–H groups in total. The lowest BCUT2D eigenvalue weighted by atomic mass is 9.43. The molecule has 34 heavy (non-hydrogen) atoms. The van der Waals surface area contributed by atoms with Crippen molar-refractivity contribution in [2.75, 3.05) is 12.3 Å². The largest absolute Gasteiger partial charge is 0.393 e. The summed E-state index contributed by atoms with van der Waals surface area (Å²) in [4.78, 5) is 12.2. The fourth-order valence-electron chi connectivity index (χ4n) is 9.13. The molecule has 0 unspecified atom stereocenters. The first-order valence-electron chi connectivity index (χ1n) is 13.4. The third-order valence-electron chi connectivity index (χ3n) is 11.0. The summed E-state index contributed by atoms with van der Waals surface area (Å²) in [5.74, 6) is 2.28. The monoisotopic (exact) mass is 499 g/mol. The summed E-state index contributed by atoms with van der Waals surface area (Å²) in [5.41, 5.74) is 0.105. The first kappa shape index (κ1) is 26.4. The van der Waals surface area contributed by atoms with Crippen molar-refractivity contribution < 1.29 is 28.0 Å². The molecule has 196 valence electrons. The Balaban J connectivity index is 1.40. The van der Waals surface area contributed by atoms with E-state index < -0.39 is 15.9 Å². The Labute approximate surface area is 205 Å². The third-order valence-corrected chi connectivity index (χ3v) is 11.7. The topological polar surface area (TPSA) is 124 Å². The Bertz CT molecular complexity index is 863. The van der Waals surface area contributed by atoms with E-state index in [2.05, 4.69) is 26.1 Å². The first-order valence-corrected chi connectivity index (χ1v) is 15.0. The van der Waals surface area contributed by atoms with Gasteiger partial charge >= 0.3 is 0 Å². The fourth-order valence-corrected chi connectivity index (χ4v) is 9.49. The van der Waals surface area contributed by atoms with Gasteiger partial charge in [0.05, 0.1) is 18.0 Å². The Morgan fingerprint density at radius 3 is 2.50 bits per heavy atom. The van der Waals surface area contributed by atoms with Crippen molar-refractivity contribution in [3.8, 4) is 0 Å². The molecule has 1 amide bonds. The van der Waals surface area contributed by atoms with E-state index in [9.17, 15) is 23.4 Å². The first-order chi connectivity index (χ1) is 15.9. The van der Waals surface area contributed by atoms with Crippen molar-refractivity contribution in [3.63, 3.8) is 0 Å².